The van der Waals surface area contributed by atoms with Gasteiger partial charge in [-0.1, -0.05) is 23.2 Å². The predicted octanol–water partition coefficient (Wildman–Crippen LogP) is 5.63. The molecule has 0 saturated carbocycles. The van der Waals surface area contributed by atoms with Gasteiger partial charge in [0.2, 0.25) is 0 Å². The quantitative estimate of drug-likeness (QED) is 0.695. The zero-order valence-corrected chi connectivity index (χ0v) is 15.8. The zero-order chi connectivity index (χ0) is 18.4. The van der Waals surface area contributed by atoms with E-state index in [0.717, 1.165) is 41.8 Å². The van der Waals surface area contributed by atoms with Crippen LogP contribution < -0.4 is 5.32 Å². The molecule has 0 amide bonds. The van der Waals surface area contributed by atoms with E-state index in [1.165, 1.54) is 6.07 Å². The molecule has 2 aliphatic rings. The minimum atomic E-state index is -0.975. The van der Waals surface area contributed by atoms with Crippen LogP contribution in [0.4, 0.5) is 5.69 Å². The highest BCUT2D eigenvalue weighted by molar-refractivity contribution is 6.32. The Kier molecular flexibility index (Phi) is 4.59. The third-order valence-electron chi connectivity index (χ3n) is 5.32. The van der Waals surface area contributed by atoms with Crippen molar-refractivity contribution >= 4 is 34.9 Å². The topological polar surface area (TPSA) is 58.6 Å². The maximum Gasteiger partial charge on any atom is 0.335 e. The summed E-state index contributed by atoms with van der Waals surface area (Å²) >= 11 is 12.7. The molecule has 0 unspecified atom stereocenters. The van der Waals surface area contributed by atoms with Gasteiger partial charge in [-0.05, 0) is 61.2 Å². The van der Waals surface area contributed by atoms with Gasteiger partial charge in [0.1, 0.15) is 0 Å². The molecule has 2 heterocycles. The Balaban J connectivity index is 1.82. The van der Waals surface area contributed by atoms with E-state index in [9.17, 15) is 9.90 Å². The number of ether oxygens (including phenoxy) is 1. The lowest BCUT2D eigenvalue weighted by molar-refractivity contribution is -0.0381. The van der Waals surface area contributed by atoms with Crippen LogP contribution >= 0.6 is 23.2 Å². The van der Waals surface area contributed by atoms with Crippen LogP contribution in [0.1, 0.15) is 52.0 Å². The van der Waals surface area contributed by atoms with Gasteiger partial charge in [-0.2, -0.15) is 0 Å². The van der Waals surface area contributed by atoms with Crippen molar-refractivity contribution < 1.29 is 14.6 Å². The van der Waals surface area contributed by atoms with Crippen LogP contribution in [0.5, 0.6) is 0 Å². The fourth-order valence-corrected chi connectivity index (χ4v) is 4.76. The number of nitrogens with one attached hydrogen (secondary N) is 1. The van der Waals surface area contributed by atoms with Gasteiger partial charge < -0.3 is 15.2 Å². The van der Waals surface area contributed by atoms with Gasteiger partial charge in [0.25, 0.3) is 0 Å². The molecule has 0 aliphatic carbocycles. The Morgan fingerprint density at radius 1 is 1.27 bits per heavy atom. The van der Waals surface area contributed by atoms with Crippen molar-refractivity contribution in [1.29, 1.82) is 0 Å². The van der Waals surface area contributed by atoms with Crippen LogP contribution in [-0.4, -0.2) is 17.7 Å². The number of halogens is 2. The third kappa shape index (κ3) is 2.96. The summed E-state index contributed by atoms with van der Waals surface area (Å²) in [6.45, 7) is 2.63. The van der Waals surface area contributed by atoms with E-state index < -0.39 is 5.97 Å². The van der Waals surface area contributed by atoms with Crippen LogP contribution in [0.3, 0.4) is 0 Å². The molecule has 2 aliphatic heterocycles. The molecule has 4 rings (SSSR count). The molecule has 1 fully saturated rings. The fraction of sp³-hybridized carbons (Fsp3) is 0.350. The molecule has 0 spiro atoms. The minimum absolute atomic E-state index is 0.0377. The van der Waals surface area contributed by atoms with Gasteiger partial charge in [-0.25, -0.2) is 4.79 Å². The van der Waals surface area contributed by atoms with Crippen molar-refractivity contribution in [3.8, 4) is 0 Å². The maximum absolute atomic E-state index is 11.3. The number of rotatable bonds is 2. The summed E-state index contributed by atoms with van der Waals surface area (Å²) in [5.74, 6) is -0.765. The molecule has 1 saturated heterocycles. The van der Waals surface area contributed by atoms with E-state index in [1.807, 2.05) is 25.1 Å². The van der Waals surface area contributed by atoms with Crippen molar-refractivity contribution in [2.24, 2.45) is 5.92 Å². The Morgan fingerprint density at radius 2 is 2.08 bits per heavy atom. The monoisotopic (exact) mass is 391 g/mol. The Bertz CT molecular complexity index is 860. The maximum atomic E-state index is 11.3. The van der Waals surface area contributed by atoms with Gasteiger partial charge in [-0.3, -0.25) is 0 Å². The van der Waals surface area contributed by atoms with Gasteiger partial charge >= 0.3 is 5.97 Å². The number of hydrogen-bond acceptors (Lipinski definition) is 3. The molecule has 4 nitrogen and oxygen atoms in total. The van der Waals surface area contributed by atoms with Gasteiger partial charge in [0.15, 0.2) is 0 Å². The second-order valence-corrected chi connectivity index (χ2v) is 7.79. The average Bonchev–Trinajstić information content (AvgIpc) is 2.61. The highest BCUT2D eigenvalue weighted by atomic mass is 35.5. The van der Waals surface area contributed by atoms with Crippen molar-refractivity contribution in [3.63, 3.8) is 0 Å². The molecule has 136 valence electrons. The number of anilines is 1. The van der Waals surface area contributed by atoms with E-state index >= 15 is 0 Å². The van der Waals surface area contributed by atoms with Crippen LogP contribution in [0, 0.1) is 12.8 Å². The first-order chi connectivity index (χ1) is 12.5. The number of fused-ring (bicyclic) bond motifs is 3. The zero-order valence-electron chi connectivity index (χ0n) is 14.3. The van der Waals surface area contributed by atoms with Crippen molar-refractivity contribution in [2.75, 3.05) is 11.9 Å². The van der Waals surface area contributed by atoms with Crippen molar-refractivity contribution in [1.82, 2.24) is 0 Å². The van der Waals surface area contributed by atoms with Gasteiger partial charge in [0.05, 0.1) is 17.7 Å². The first kappa shape index (κ1) is 17.7. The van der Waals surface area contributed by atoms with E-state index in [1.54, 1.807) is 6.07 Å². The van der Waals surface area contributed by atoms with Crippen molar-refractivity contribution in [3.05, 3.63) is 62.6 Å². The SMILES string of the molecule is Cc1cc(C(=O)O)cc(Cl)c1[C@H]1Nc2ccc(Cl)cc2[C@@H]2OCCC[C@H]12. The Morgan fingerprint density at radius 3 is 2.81 bits per heavy atom. The normalized spacial score (nSPS) is 24.3. The summed E-state index contributed by atoms with van der Waals surface area (Å²) in [5.41, 5.74) is 4.08. The number of carbonyl (C=O) groups is 1. The lowest BCUT2D eigenvalue weighted by atomic mass is 9.76. The molecule has 6 heteroatoms. The summed E-state index contributed by atoms with van der Waals surface area (Å²) in [7, 11) is 0. The highest BCUT2D eigenvalue weighted by Gasteiger charge is 2.41. The smallest absolute Gasteiger partial charge is 0.335 e. The second kappa shape index (κ2) is 6.76. The van der Waals surface area contributed by atoms with Crippen LogP contribution in [0.2, 0.25) is 10.0 Å². The molecule has 0 radical (unpaired) electrons. The van der Waals surface area contributed by atoms with Crippen LogP contribution in [0.25, 0.3) is 0 Å². The van der Waals surface area contributed by atoms with Crippen molar-refractivity contribution in [2.45, 2.75) is 31.9 Å². The summed E-state index contributed by atoms with van der Waals surface area (Å²) in [6, 6.07) is 8.96. The first-order valence-corrected chi connectivity index (χ1v) is 9.42. The summed E-state index contributed by atoms with van der Waals surface area (Å²) in [5, 5.41) is 14.0. The molecular weight excluding hydrogens is 373 g/mol. The molecule has 3 atom stereocenters. The van der Waals surface area contributed by atoms with E-state index in [2.05, 4.69) is 5.32 Å². The number of aromatic carboxylic acids is 1. The van der Waals surface area contributed by atoms with E-state index in [4.69, 9.17) is 27.9 Å². The standard InChI is InChI=1S/C20H19Cl2NO3/c1-10-7-11(20(24)25)8-15(22)17(10)18-13-3-2-6-26-19(13)14-9-12(21)4-5-16(14)23-18/h4-5,7-9,13,18-19,23H,2-3,6H2,1H3,(H,24,25)/t13-,18+,19-/m1/s1. The molecule has 26 heavy (non-hydrogen) atoms. The molecule has 2 N–H and O–H groups in total. The first-order valence-electron chi connectivity index (χ1n) is 8.66. The Hall–Kier alpha value is -1.75. The van der Waals surface area contributed by atoms with Gasteiger partial charge in [-0.15, -0.1) is 0 Å². The molecule has 0 aromatic heterocycles. The number of hydrogen-bond donors (Lipinski definition) is 2. The third-order valence-corrected chi connectivity index (χ3v) is 5.87. The predicted molar refractivity (Wildman–Crippen MR) is 102 cm³/mol. The molecule has 2 aromatic rings. The summed E-state index contributed by atoms with van der Waals surface area (Å²) < 4.78 is 6.12. The largest absolute Gasteiger partial charge is 0.478 e. The Labute approximate surface area is 162 Å². The lowest BCUT2D eigenvalue weighted by Gasteiger charge is -2.44. The molecular formula is C20H19Cl2NO3. The van der Waals surface area contributed by atoms with Crippen LogP contribution in [0.15, 0.2) is 30.3 Å². The number of carboxylic acids is 1. The number of aryl methyl sites for hydroxylation is 1. The van der Waals surface area contributed by atoms with E-state index in [0.29, 0.717) is 10.0 Å². The fourth-order valence-electron chi connectivity index (χ4n) is 4.20. The van der Waals surface area contributed by atoms with E-state index in [-0.39, 0.29) is 23.6 Å². The second-order valence-electron chi connectivity index (χ2n) is 6.94. The number of benzene rings is 2. The number of carboxylic acid groups (broad SMARTS) is 1. The van der Waals surface area contributed by atoms with Crippen LogP contribution in [-0.2, 0) is 4.74 Å². The average molecular weight is 392 g/mol. The minimum Gasteiger partial charge on any atom is -0.478 e. The summed E-state index contributed by atoms with van der Waals surface area (Å²) in [4.78, 5) is 11.3. The molecule has 2 aromatic carbocycles. The molecule has 0 bridgehead atoms. The van der Waals surface area contributed by atoms with Gasteiger partial charge in [0, 0.05) is 33.8 Å². The lowest BCUT2D eigenvalue weighted by Crippen LogP contribution is -2.36. The summed E-state index contributed by atoms with van der Waals surface area (Å²) in [6.07, 6.45) is 1.95. The highest BCUT2D eigenvalue weighted by Crippen LogP contribution is 2.51.